The molecule has 0 saturated carbocycles. The van der Waals surface area contributed by atoms with E-state index in [9.17, 15) is 4.79 Å². The molecular weight excluding hydrogens is 250 g/mol. The molecule has 102 valence electrons. The molecule has 1 rings (SSSR count). The van der Waals surface area contributed by atoms with Gasteiger partial charge in [0.1, 0.15) is 0 Å². The number of ether oxygens (including phenoxy) is 1. The Balaban J connectivity index is 2.74. The van der Waals surface area contributed by atoms with Gasteiger partial charge in [0.15, 0.2) is 0 Å². The van der Waals surface area contributed by atoms with Gasteiger partial charge in [-0.2, -0.15) is 0 Å². The van der Waals surface area contributed by atoms with Crippen molar-refractivity contribution in [2.75, 3.05) is 20.3 Å². The summed E-state index contributed by atoms with van der Waals surface area (Å²) >= 11 is 1.41. The second kappa shape index (κ2) is 7.48. The van der Waals surface area contributed by atoms with Gasteiger partial charge in [-0.15, -0.1) is 11.3 Å². The number of hydrogen-bond donors (Lipinski definition) is 2. The van der Waals surface area contributed by atoms with Crippen molar-refractivity contribution in [3.05, 3.63) is 21.9 Å². The molecule has 0 spiro atoms. The van der Waals surface area contributed by atoms with Crippen molar-refractivity contribution >= 4 is 17.2 Å². The van der Waals surface area contributed by atoms with Crippen LogP contribution in [0.2, 0.25) is 0 Å². The molecule has 3 N–H and O–H groups in total. The summed E-state index contributed by atoms with van der Waals surface area (Å²) in [5.41, 5.74) is 3.19. The van der Waals surface area contributed by atoms with Crippen molar-refractivity contribution in [3.8, 4) is 0 Å². The Hall–Kier alpha value is -0.950. The van der Waals surface area contributed by atoms with Crippen LogP contribution in [0.4, 0.5) is 0 Å². The molecule has 6 heteroatoms. The van der Waals surface area contributed by atoms with Gasteiger partial charge in [0, 0.05) is 26.2 Å². The maximum Gasteiger partial charge on any atom is 0.275 e. The molecule has 18 heavy (non-hydrogen) atoms. The smallest absolute Gasteiger partial charge is 0.275 e. The molecule has 1 aromatic rings. The normalized spacial score (nSPS) is 11.2. The molecule has 0 aromatic carbocycles. The third kappa shape index (κ3) is 4.06. The fourth-order valence-electron chi connectivity index (χ4n) is 1.67. The molecule has 0 bridgehead atoms. The summed E-state index contributed by atoms with van der Waals surface area (Å²) in [6, 6.07) is 2.37. The first-order chi connectivity index (χ1) is 8.60. The van der Waals surface area contributed by atoms with Gasteiger partial charge in [-0.1, -0.05) is 0 Å². The third-order valence-corrected chi connectivity index (χ3v) is 3.73. The monoisotopic (exact) mass is 271 g/mol. The van der Waals surface area contributed by atoms with Crippen LogP contribution in [0.3, 0.4) is 0 Å². The summed E-state index contributed by atoms with van der Waals surface area (Å²) in [4.78, 5) is 14.5. The fraction of sp³-hybridized carbons (Fsp3) is 0.583. The van der Waals surface area contributed by atoms with Crippen molar-refractivity contribution in [1.82, 2.24) is 10.3 Å². The molecule has 0 aliphatic heterocycles. The molecule has 1 amide bonds. The van der Waals surface area contributed by atoms with Gasteiger partial charge in [-0.3, -0.25) is 15.1 Å². The number of carbonyl (C=O) groups excluding carboxylic acids is 1. The van der Waals surface area contributed by atoms with Crippen LogP contribution in [0.15, 0.2) is 11.4 Å². The van der Waals surface area contributed by atoms with E-state index in [4.69, 9.17) is 10.6 Å². The number of carbonyl (C=O) groups is 1. The average Bonchev–Trinajstić information content (AvgIpc) is 2.81. The molecule has 0 saturated heterocycles. The van der Waals surface area contributed by atoms with Gasteiger partial charge in [0.05, 0.1) is 11.5 Å². The summed E-state index contributed by atoms with van der Waals surface area (Å²) < 4.78 is 5.10. The number of nitrogens with zero attached hydrogens (tertiary/aromatic N) is 1. The molecule has 0 aliphatic rings. The molecule has 0 unspecified atom stereocenters. The first-order valence-corrected chi connectivity index (χ1v) is 6.78. The Morgan fingerprint density at radius 1 is 1.61 bits per heavy atom. The second-order valence-corrected chi connectivity index (χ2v) is 5.22. The van der Waals surface area contributed by atoms with Crippen LogP contribution in [-0.2, 0) is 11.3 Å². The highest BCUT2D eigenvalue weighted by molar-refractivity contribution is 7.12. The molecular formula is C12H21N3O2S. The quantitative estimate of drug-likeness (QED) is 0.444. The highest BCUT2D eigenvalue weighted by Gasteiger charge is 2.16. The van der Waals surface area contributed by atoms with Gasteiger partial charge >= 0.3 is 0 Å². The number of methoxy groups -OCH3 is 1. The minimum absolute atomic E-state index is 0.226. The molecule has 1 heterocycles. The van der Waals surface area contributed by atoms with Crippen LogP contribution >= 0.6 is 11.3 Å². The van der Waals surface area contributed by atoms with E-state index in [0.717, 1.165) is 18.7 Å². The van der Waals surface area contributed by atoms with Gasteiger partial charge in [-0.05, 0) is 30.9 Å². The second-order valence-electron chi connectivity index (χ2n) is 4.31. The van der Waals surface area contributed by atoms with E-state index in [-0.39, 0.29) is 5.91 Å². The molecule has 0 atom stereocenters. The number of hydrogen-bond acceptors (Lipinski definition) is 5. The minimum atomic E-state index is -0.226. The number of amides is 1. The van der Waals surface area contributed by atoms with Crippen LogP contribution in [0.25, 0.3) is 0 Å². The van der Waals surface area contributed by atoms with E-state index in [2.05, 4.69) is 24.2 Å². The SMILES string of the molecule is COCCN(Cc1ccsc1C(=O)NN)C(C)C. The lowest BCUT2D eigenvalue weighted by Crippen LogP contribution is -2.35. The summed E-state index contributed by atoms with van der Waals surface area (Å²) in [7, 11) is 1.69. The van der Waals surface area contributed by atoms with Crippen molar-refractivity contribution in [3.63, 3.8) is 0 Å². The van der Waals surface area contributed by atoms with E-state index >= 15 is 0 Å². The van der Waals surface area contributed by atoms with E-state index < -0.39 is 0 Å². The van der Waals surface area contributed by atoms with Gasteiger partial charge in [-0.25, -0.2) is 5.84 Å². The Morgan fingerprint density at radius 3 is 2.89 bits per heavy atom. The van der Waals surface area contributed by atoms with Crippen molar-refractivity contribution in [2.45, 2.75) is 26.4 Å². The highest BCUT2D eigenvalue weighted by Crippen LogP contribution is 2.19. The van der Waals surface area contributed by atoms with Crippen LogP contribution in [0, 0.1) is 0 Å². The molecule has 0 aliphatic carbocycles. The Labute approximate surface area is 112 Å². The third-order valence-electron chi connectivity index (χ3n) is 2.77. The fourth-order valence-corrected chi connectivity index (χ4v) is 2.49. The number of nitrogens with two attached hydrogens (primary N) is 1. The zero-order chi connectivity index (χ0) is 13.5. The van der Waals surface area contributed by atoms with Crippen LogP contribution in [0.5, 0.6) is 0 Å². The summed E-state index contributed by atoms with van der Waals surface area (Å²) in [6.45, 7) is 6.51. The molecule has 0 radical (unpaired) electrons. The summed E-state index contributed by atoms with van der Waals surface area (Å²) in [5, 5.41) is 1.91. The van der Waals surface area contributed by atoms with Crippen molar-refractivity contribution in [2.24, 2.45) is 5.84 Å². The van der Waals surface area contributed by atoms with Crippen LogP contribution < -0.4 is 11.3 Å². The topological polar surface area (TPSA) is 67.6 Å². The van der Waals surface area contributed by atoms with E-state index in [1.165, 1.54) is 11.3 Å². The van der Waals surface area contributed by atoms with Crippen molar-refractivity contribution < 1.29 is 9.53 Å². The van der Waals surface area contributed by atoms with E-state index in [1.807, 2.05) is 11.4 Å². The minimum Gasteiger partial charge on any atom is -0.383 e. The lowest BCUT2D eigenvalue weighted by molar-refractivity contribution is 0.0953. The van der Waals surface area contributed by atoms with Gasteiger partial charge in [0.2, 0.25) is 0 Å². The number of hydrazine groups is 1. The highest BCUT2D eigenvalue weighted by atomic mass is 32.1. The first-order valence-electron chi connectivity index (χ1n) is 5.90. The number of nitrogens with one attached hydrogen (secondary N) is 1. The summed E-state index contributed by atoms with van der Waals surface area (Å²) in [6.07, 6.45) is 0. The first kappa shape index (κ1) is 15.1. The maximum atomic E-state index is 11.6. The van der Waals surface area contributed by atoms with Crippen LogP contribution in [-0.4, -0.2) is 37.1 Å². The standard InChI is InChI=1S/C12H21N3O2S/c1-9(2)15(5-6-17-3)8-10-4-7-18-11(10)12(16)14-13/h4,7,9H,5-6,8,13H2,1-3H3,(H,14,16). The maximum absolute atomic E-state index is 11.6. The summed E-state index contributed by atoms with van der Waals surface area (Å²) in [5.74, 6) is 4.95. The largest absolute Gasteiger partial charge is 0.383 e. The Morgan fingerprint density at radius 2 is 2.33 bits per heavy atom. The predicted molar refractivity (Wildman–Crippen MR) is 73.4 cm³/mol. The molecule has 1 aromatic heterocycles. The zero-order valence-corrected chi connectivity index (χ0v) is 11.9. The number of rotatable bonds is 7. The lowest BCUT2D eigenvalue weighted by atomic mass is 10.2. The van der Waals surface area contributed by atoms with Gasteiger partial charge in [0.25, 0.3) is 5.91 Å². The predicted octanol–water partition coefficient (Wildman–Crippen LogP) is 1.21. The Bertz CT molecular complexity index is 379. The Kier molecular flexibility index (Phi) is 6.28. The lowest BCUT2D eigenvalue weighted by Gasteiger charge is -2.26. The average molecular weight is 271 g/mol. The zero-order valence-electron chi connectivity index (χ0n) is 11.1. The molecule has 0 fully saturated rings. The number of nitrogen functional groups attached to an aromatic ring is 1. The van der Waals surface area contributed by atoms with Gasteiger partial charge < -0.3 is 4.74 Å². The molecule has 5 nitrogen and oxygen atoms in total. The van der Waals surface area contributed by atoms with Crippen LogP contribution in [0.1, 0.15) is 29.1 Å². The van der Waals surface area contributed by atoms with E-state index in [1.54, 1.807) is 7.11 Å². The van der Waals surface area contributed by atoms with Crippen molar-refractivity contribution in [1.29, 1.82) is 0 Å². The number of thiophene rings is 1. The van der Waals surface area contributed by atoms with E-state index in [0.29, 0.717) is 17.5 Å².